The molecule has 1 aromatic heterocycles. The summed E-state index contributed by atoms with van der Waals surface area (Å²) < 4.78 is 49.3. The fourth-order valence-corrected chi connectivity index (χ4v) is 10.8. The van der Waals surface area contributed by atoms with Crippen molar-refractivity contribution >= 4 is 25.3 Å². The van der Waals surface area contributed by atoms with E-state index in [1.807, 2.05) is 48.5 Å². The molecule has 0 amide bonds. The van der Waals surface area contributed by atoms with Gasteiger partial charge in [-0.15, -0.1) is 0 Å². The Kier molecular flexibility index (Phi) is 8.46. The topological polar surface area (TPSA) is 128 Å². The maximum absolute atomic E-state index is 14.5. The van der Waals surface area contributed by atoms with Crippen LogP contribution in [0.5, 0.6) is 11.5 Å². The third-order valence-corrected chi connectivity index (χ3v) is 13.5. The molecule has 0 N–H and O–H groups in total. The highest BCUT2D eigenvalue weighted by molar-refractivity contribution is 7.68. The van der Waals surface area contributed by atoms with Crippen molar-refractivity contribution in [2.75, 3.05) is 25.5 Å². The number of hydrogen-bond acceptors (Lipinski definition) is 8. The Morgan fingerprint density at radius 2 is 0.917 bits per heavy atom. The molecular formula is C35H33N3O8P2. The van der Waals surface area contributed by atoms with Gasteiger partial charge in [-0.3, -0.25) is 9.13 Å². The van der Waals surface area contributed by atoms with Crippen molar-refractivity contribution in [2.24, 2.45) is 0 Å². The highest BCUT2D eigenvalue weighted by atomic mass is 31.2. The number of fused-ring (bicyclic) bond motifs is 6. The van der Waals surface area contributed by atoms with Gasteiger partial charge in [-0.2, -0.15) is 0 Å². The summed E-state index contributed by atoms with van der Waals surface area (Å²) >= 11 is 0. The normalized spacial score (nSPS) is 18.9. The molecule has 3 heterocycles. The maximum atomic E-state index is 14.5. The molecule has 246 valence electrons. The molecule has 5 aromatic rings. The summed E-state index contributed by atoms with van der Waals surface area (Å²) in [4.78, 5) is 41.3. The number of aromatic nitrogens is 3. The molecule has 2 aliphatic heterocycles. The predicted molar refractivity (Wildman–Crippen MR) is 185 cm³/mol. The Morgan fingerprint density at radius 1 is 0.542 bits per heavy atom. The van der Waals surface area contributed by atoms with Crippen LogP contribution in [0.4, 0.5) is 0 Å². The van der Waals surface area contributed by atoms with Gasteiger partial charge >= 0.3 is 17.1 Å². The largest absolute Gasteiger partial charge is 0.439 e. The zero-order chi connectivity index (χ0) is 33.5. The number of ether oxygens (including phenoxy) is 1. The zero-order valence-electron chi connectivity index (χ0n) is 26.2. The first-order chi connectivity index (χ1) is 23.2. The molecule has 0 aliphatic carbocycles. The van der Waals surface area contributed by atoms with E-state index in [2.05, 4.69) is 0 Å². The van der Waals surface area contributed by atoms with Crippen LogP contribution < -0.4 is 36.7 Å². The third kappa shape index (κ3) is 5.52. The Bertz CT molecular complexity index is 2170. The summed E-state index contributed by atoms with van der Waals surface area (Å²) in [5.41, 5.74) is 0.518. The Labute approximate surface area is 275 Å². The number of nitrogens with zero attached hydrogens (tertiary/aromatic N) is 3. The summed E-state index contributed by atoms with van der Waals surface area (Å²) in [6.45, 7) is 1.53. The van der Waals surface area contributed by atoms with Gasteiger partial charge in [0.25, 0.3) is 14.7 Å². The van der Waals surface area contributed by atoms with Gasteiger partial charge in [-0.1, -0.05) is 72.8 Å². The second-order valence-corrected chi connectivity index (χ2v) is 16.4. The van der Waals surface area contributed by atoms with Gasteiger partial charge in [0.1, 0.15) is 11.5 Å². The molecule has 0 bridgehead atoms. The van der Waals surface area contributed by atoms with Crippen molar-refractivity contribution in [2.45, 2.75) is 26.6 Å². The number of para-hydroxylation sites is 2. The molecule has 48 heavy (non-hydrogen) atoms. The summed E-state index contributed by atoms with van der Waals surface area (Å²) in [6.07, 6.45) is -0.355. The van der Waals surface area contributed by atoms with Gasteiger partial charge in [0.15, 0.2) is 0 Å². The van der Waals surface area contributed by atoms with E-state index in [1.165, 1.54) is 0 Å². The lowest BCUT2D eigenvalue weighted by atomic mass is 10.0. The minimum atomic E-state index is -3.61. The molecule has 0 saturated heterocycles. The molecular weight excluding hydrogens is 652 g/mol. The lowest BCUT2D eigenvalue weighted by Crippen LogP contribution is -2.55. The third-order valence-electron chi connectivity index (χ3n) is 8.67. The Hall–Kier alpha value is -4.69. The zero-order valence-corrected chi connectivity index (χ0v) is 28.0. The molecule has 2 aliphatic rings. The fraction of sp³-hybridized carbons (Fsp3) is 0.229. The Balaban J connectivity index is 1.25. The highest BCUT2D eigenvalue weighted by Gasteiger charge is 2.38. The summed E-state index contributed by atoms with van der Waals surface area (Å²) in [6, 6.07) is 28.9. The quantitative estimate of drug-likeness (QED) is 0.155. The van der Waals surface area contributed by atoms with Gasteiger partial charge in [-0.05, 0) is 42.3 Å². The van der Waals surface area contributed by atoms with Crippen LogP contribution in [0, 0.1) is 0 Å². The molecule has 0 radical (unpaired) electrons. The molecule has 7 rings (SSSR count). The molecule has 2 atom stereocenters. The minimum Gasteiger partial charge on any atom is -0.439 e. The van der Waals surface area contributed by atoms with Gasteiger partial charge in [0.2, 0.25) is 0 Å². The average Bonchev–Trinajstić information content (AvgIpc) is 3.10. The minimum absolute atomic E-state index is 0.0569. The first-order valence-electron chi connectivity index (χ1n) is 15.7. The molecule has 0 saturated carbocycles. The number of hydrogen-bond donors (Lipinski definition) is 0. The van der Waals surface area contributed by atoms with Crippen molar-refractivity contribution in [3.8, 4) is 33.8 Å². The van der Waals surface area contributed by atoms with E-state index in [9.17, 15) is 23.5 Å². The average molecular weight is 686 g/mol. The second-order valence-electron chi connectivity index (χ2n) is 11.5. The van der Waals surface area contributed by atoms with Crippen LogP contribution in [0.25, 0.3) is 22.3 Å². The van der Waals surface area contributed by atoms with Crippen LogP contribution in [-0.2, 0) is 33.5 Å². The molecule has 0 fully saturated rings. The monoisotopic (exact) mass is 685 g/mol. The van der Waals surface area contributed by atoms with E-state index in [1.54, 1.807) is 55.5 Å². The van der Waals surface area contributed by atoms with Crippen LogP contribution in [-0.4, -0.2) is 39.2 Å². The standard InChI is InChI=1S/C35H33N3O8P2/c1-2-44-22-19-36-33(39)37(20-23-47(42)31-17-9-5-13-27(31)25-11-3-7-15-29(25)45-47)35(41)38(34(36)40)21-24-48(43)32-18-10-6-14-28(32)26-12-4-8-16-30(26)46-48/h3-18H,2,19-24H2,1H3. The van der Waals surface area contributed by atoms with E-state index in [0.717, 1.165) is 36.0 Å². The SMILES string of the molecule is CCOCCn1c(=O)n(CCP2(=O)Oc3ccccc3-c3ccccc32)c(=O)n(CCP2(=O)Oc3ccccc3-c3ccccc32)c1=O. The fourth-order valence-electron chi connectivity index (χ4n) is 6.30. The summed E-state index contributed by atoms with van der Waals surface area (Å²) in [7, 11) is -7.22. The predicted octanol–water partition coefficient (Wildman–Crippen LogP) is 4.53. The first kappa shape index (κ1) is 31.9. The van der Waals surface area contributed by atoms with Crippen LogP contribution in [0.2, 0.25) is 0 Å². The first-order valence-corrected chi connectivity index (χ1v) is 19.3. The number of benzene rings is 4. The van der Waals surface area contributed by atoms with E-state index in [0.29, 0.717) is 28.7 Å². The van der Waals surface area contributed by atoms with Gasteiger partial charge in [0.05, 0.1) is 36.1 Å². The molecule has 2 unspecified atom stereocenters. The van der Waals surface area contributed by atoms with Crippen molar-refractivity contribution < 1.29 is 22.9 Å². The van der Waals surface area contributed by atoms with Crippen molar-refractivity contribution in [3.05, 3.63) is 129 Å². The van der Waals surface area contributed by atoms with Crippen LogP contribution in [0.1, 0.15) is 6.92 Å². The smallest absolute Gasteiger partial charge is 0.336 e. The lowest BCUT2D eigenvalue weighted by Gasteiger charge is -2.29. The molecule has 13 heteroatoms. The highest BCUT2D eigenvalue weighted by Crippen LogP contribution is 2.55. The van der Waals surface area contributed by atoms with Crippen LogP contribution in [0.3, 0.4) is 0 Å². The number of rotatable bonds is 10. The van der Waals surface area contributed by atoms with E-state index < -0.39 is 31.8 Å². The van der Waals surface area contributed by atoms with Crippen LogP contribution >= 0.6 is 14.7 Å². The van der Waals surface area contributed by atoms with Gasteiger partial charge in [0, 0.05) is 30.8 Å². The van der Waals surface area contributed by atoms with E-state index >= 15 is 0 Å². The van der Waals surface area contributed by atoms with E-state index in [-0.39, 0.29) is 38.6 Å². The van der Waals surface area contributed by atoms with Crippen molar-refractivity contribution in [1.29, 1.82) is 0 Å². The summed E-state index contributed by atoms with van der Waals surface area (Å²) in [5.74, 6) is 0.898. The van der Waals surface area contributed by atoms with Crippen molar-refractivity contribution in [3.63, 3.8) is 0 Å². The Morgan fingerprint density at radius 3 is 1.35 bits per heavy atom. The molecule has 0 spiro atoms. The van der Waals surface area contributed by atoms with Gasteiger partial charge in [-0.25, -0.2) is 28.1 Å². The van der Waals surface area contributed by atoms with Crippen molar-refractivity contribution in [1.82, 2.24) is 13.7 Å². The molecule has 4 aromatic carbocycles. The van der Waals surface area contributed by atoms with Crippen LogP contribution in [0.15, 0.2) is 111 Å². The van der Waals surface area contributed by atoms with E-state index in [4.69, 9.17) is 13.8 Å². The lowest BCUT2D eigenvalue weighted by molar-refractivity contribution is 0.135. The van der Waals surface area contributed by atoms with Gasteiger partial charge < -0.3 is 13.8 Å². The molecule has 11 nitrogen and oxygen atoms in total. The second kappa shape index (κ2) is 12.7. The maximum Gasteiger partial charge on any atom is 0.336 e. The summed E-state index contributed by atoms with van der Waals surface area (Å²) in [5, 5.41) is 0.987.